The number of ether oxygens (including phenoxy) is 1. The number of hydrogen-bond acceptors (Lipinski definition) is 3. The van der Waals surface area contributed by atoms with Crippen LogP contribution in [0.1, 0.15) is 10.4 Å². The van der Waals surface area contributed by atoms with Crippen molar-refractivity contribution >= 4 is 39.5 Å². The van der Waals surface area contributed by atoms with E-state index in [0.717, 1.165) is 25.9 Å². The Morgan fingerprint density at radius 2 is 1.90 bits per heavy atom. The number of hydrogen-bond donors (Lipinski definition) is 0. The van der Waals surface area contributed by atoms with Gasteiger partial charge in [0.25, 0.3) is 0 Å². The molecule has 0 radical (unpaired) electrons. The van der Waals surface area contributed by atoms with Crippen molar-refractivity contribution in [1.82, 2.24) is 0 Å². The van der Waals surface area contributed by atoms with E-state index in [2.05, 4.69) is 22.6 Å². The lowest BCUT2D eigenvalue weighted by atomic mass is 10.1. The lowest BCUT2D eigenvalue weighted by Crippen LogP contribution is -2.01. The Balaban J connectivity index is 2.16. The second-order valence-corrected chi connectivity index (χ2v) is 5.51. The van der Waals surface area contributed by atoms with Gasteiger partial charge in [0.1, 0.15) is 11.3 Å². The fraction of sp³-hybridized carbons (Fsp3) is 0.0625. The molecule has 4 heteroatoms. The minimum atomic E-state index is -0.340. The van der Waals surface area contributed by atoms with Crippen molar-refractivity contribution in [3.8, 4) is 11.3 Å². The molecule has 0 unspecified atom stereocenters. The topological polar surface area (TPSA) is 39.4 Å². The van der Waals surface area contributed by atoms with Gasteiger partial charge in [0.15, 0.2) is 0 Å². The van der Waals surface area contributed by atoms with E-state index in [1.807, 2.05) is 36.4 Å². The monoisotopic (exact) mass is 378 g/mol. The summed E-state index contributed by atoms with van der Waals surface area (Å²) in [6.45, 7) is 0. The first-order valence-electron chi connectivity index (χ1n) is 6.06. The zero-order valence-electron chi connectivity index (χ0n) is 10.7. The number of furan rings is 1. The minimum absolute atomic E-state index is 0.340. The van der Waals surface area contributed by atoms with Gasteiger partial charge in [-0.2, -0.15) is 0 Å². The molecule has 100 valence electrons. The van der Waals surface area contributed by atoms with Crippen molar-refractivity contribution in [2.45, 2.75) is 0 Å². The van der Waals surface area contributed by atoms with Crippen molar-refractivity contribution in [2.24, 2.45) is 0 Å². The Morgan fingerprint density at radius 3 is 2.60 bits per heavy atom. The smallest absolute Gasteiger partial charge is 0.337 e. The first-order valence-corrected chi connectivity index (χ1v) is 7.14. The van der Waals surface area contributed by atoms with Crippen LogP contribution in [0.2, 0.25) is 0 Å². The molecule has 0 aliphatic carbocycles. The quantitative estimate of drug-likeness (QED) is 0.487. The van der Waals surface area contributed by atoms with Gasteiger partial charge in [-0.05, 0) is 40.8 Å². The summed E-state index contributed by atoms with van der Waals surface area (Å²) < 4.78 is 11.5. The van der Waals surface area contributed by atoms with Crippen LogP contribution in [0.5, 0.6) is 0 Å². The Hall–Kier alpha value is -1.82. The Bertz CT molecular complexity index is 775. The maximum absolute atomic E-state index is 11.6. The van der Waals surface area contributed by atoms with Crippen LogP contribution in [0, 0.1) is 3.57 Å². The molecule has 1 heterocycles. The van der Waals surface area contributed by atoms with Crippen LogP contribution in [0.25, 0.3) is 22.3 Å². The second kappa shape index (κ2) is 5.28. The first kappa shape index (κ1) is 13.2. The summed E-state index contributed by atoms with van der Waals surface area (Å²) in [6.07, 6.45) is 0. The predicted octanol–water partition coefficient (Wildman–Crippen LogP) is 4.49. The molecule has 2 aromatic carbocycles. The third kappa shape index (κ3) is 2.31. The molecule has 0 saturated carbocycles. The highest BCUT2D eigenvalue weighted by atomic mass is 127. The highest BCUT2D eigenvalue weighted by Gasteiger charge is 2.13. The van der Waals surface area contributed by atoms with Crippen molar-refractivity contribution in [2.75, 3.05) is 7.11 Å². The van der Waals surface area contributed by atoms with Crippen LogP contribution in [0.4, 0.5) is 0 Å². The summed E-state index contributed by atoms with van der Waals surface area (Å²) >= 11 is 2.16. The molecule has 3 nitrogen and oxygen atoms in total. The number of carbonyl (C=O) groups excluding carboxylic acids is 1. The number of rotatable bonds is 2. The largest absolute Gasteiger partial charge is 0.465 e. The molecule has 3 rings (SSSR count). The predicted molar refractivity (Wildman–Crippen MR) is 85.7 cm³/mol. The standard InChI is InChI=1S/C16H11IO3/c1-19-16(18)12-7-11-9-14(10-5-3-2-4-6-10)20-15(11)13(17)8-12/h2-9H,1H3. The van der Waals surface area contributed by atoms with Crippen LogP contribution in [0.15, 0.2) is 52.9 Å². The molecular formula is C16H11IO3. The highest BCUT2D eigenvalue weighted by molar-refractivity contribution is 14.1. The van der Waals surface area contributed by atoms with E-state index < -0.39 is 0 Å². The lowest BCUT2D eigenvalue weighted by molar-refractivity contribution is 0.0601. The Labute approximate surface area is 129 Å². The van der Waals surface area contributed by atoms with Crippen molar-refractivity contribution in [1.29, 1.82) is 0 Å². The van der Waals surface area contributed by atoms with Gasteiger partial charge in [-0.15, -0.1) is 0 Å². The zero-order valence-corrected chi connectivity index (χ0v) is 12.9. The molecular weight excluding hydrogens is 367 g/mol. The van der Waals surface area contributed by atoms with Crippen LogP contribution in [-0.2, 0) is 4.74 Å². The molecule has 3 aromatic rings. The number of esters is 1. The van der Waals surface area contributed by atoms with Crippen LogP contribution in [0.3, 0.4) is 0 Å². The van der Waals surface area contributed by atoms with E-state index >= 15 is 0 Å². The van der Waals surface area contributed by atoms with Gasteiger partial charge in [0.2, 0.25) is 0 Å². The van der Waals surface area contributed by atoms with Crippen LogP contribution in [-0.4, -0.2) is 13.1 Å². The average molecular weight is 378 g/mol. The number of methoxy groups -OCH3 is 1. The molecule has 0 fully saturated rings. The summed E-state index contributed by atoms with van der Waals surface area (Å²) in [5.74, 6) is 0.452. The van der Waals surface area contributed by atoms with Crippen molar-refractivity contribution < 1.29 is 13.9 Å². The molecule has 0 amide bonds. The second-order valence-electron chi connectivity index (χ2n) is 4.34. The van der Waals surface area contributed by atoms with Crippen LogP contribution >= 0.6 is 22.6 Å². The number of halogens is 1. The summed E-state index contributed by atoms with van der Waals surface area (Å²) in [7, 11) is 1.38. The Morgan fingerprint density at radius 1 is 1.15 bits per heavy atom. The van der Waals surface area contributed by atoms with Crippen molar-refractivity contribution in [3.63, 3.8) is 0 Å². The maximum atomic E-state index is 11.6. The first-order chi connectivity index (χ1) is 9.69. The molecule has 0 aliphatic heterocycles. The number of carbonyl (C=O) groups is 1. The maximum Gasteiger partial charge on any atom is 0.337 e. The fourth-order valence-electron chi connectivity index (χ4n) is 2.09. The average Bonchev–Trinajstić information content (AvgIpc) is 2.92. The molecule has 0 bridgehead atoms. The lowest BCUT2D eigenvalue weighted by Gasteiger charge is -2.00. The molecule has 20 heavy (non-hydrogen) atoms. The minimum Gasteiger partial charge on any atom is -0.465 e. The zero-order chi connectivity index (χ0) is 14.1. The van der Waals surface area contributed by atoms with Crippen molar-refractivity contribution in [3.05, 3.63) is 57.7 Å². The van der Waals surface area contributed by atoms with Gasteiger partial charge in [0, 0.05) is 10.9 Å². The normalized spacial score (nSPS) is 10.7. The van der Waals surface area contributed by atoms with E-state index in [0.29, 0.717) is 5.56 Å². The Kier molecular flexibility index (Phi) is 3.48. The van der Waals surface area contributed by atoms with E-state index in [1.165, 1.54) is 7.11 Å². The van der Waals surface area contributed by atoms with Gasteiger partial charge in [0.05, 0.1) is 16.2 Å². The van der Waals surface area contributed by atoms with Gasteiger partial charge < -0.3 is 9.15 Å². The summed E-state index contributed by atoms with van der Waals surface area (Å²) in [4.78, 5) is 11.6. The summed E-state index contributed by atoms with van der Waals surface area (Å²) in [5.41, 5.74) is 2.33. The van der Waals surface area contributed by atoms with Gasteiger partial charge in [-0.25, -0.2) is 4.79 Å². The molecule has 0 N–H and O–H groups in total. The summed E-state index contributed by atoms with van der Waals surface area (Å²) in [6, 6.07) is 15.4. The van der Waals surface area contributed by atoms with Gasteiger partial charge in [-0.1, -0.05) is 30.3 Å². The van der Waals surface area contributed by atoms with Gasteiger partial charge >= 0.3 is 5.97 Å². The third-order valence-electron chi connectivity index (χ3n) is 3.05. The van der Waals surface area contributed by atoms with E-state index in [1.54, 1.807) is 12.1 Å². The highest BCUT2D eigenvalue weighted by Crippen LogP contribution is 2.31. The molecule has 0 aliphatic rings. The van der Waals surface area contributed by atoms with E-state index in [4.69, 9.17) is 9.15 Å². The SMILES string of the molecule is COC(=O)c1cc(I)c2oc(-c3ccccc3)cc2c1. The summed E-state index contributed by atoms with van der Waals surface area (Å²) in [5, 5.41) is 0.899. The number of benzene rings is 2. The molecule has 1 aromatic heterocycles. The fourth-order valence-corrected chi connectivity index (χ4v) is 2.85. The van der Waals surface area contributed by atoms with Gasteiger partial charge in [-0.3, -0.25) is 0 Å². The number of fused-ring (bicyclic) bond motifs is 1. The van der Waals surface area contributed by atoms with E-state index in [-0.39, 0.29) is 5.97 Å². The third-order valence-corrected chi connectivity index (χ3v) is 3.85. The molecule has 0 saturated heterocycles. The molecule has 0 spiro atoms. The van der Waals surface area contributed by atoms with Crippen LogP contribution < -0.4 is 0 Å². The molecule has 0 atom stereocenters. The van der Waals surface area contributed by atoms with E-state index in [9.17, 15) is 4.79 Å².